The summed E-state index contributed by atoms with van der Waals surface area (Å²) < 4.78 is 0. The van der Waals surface area contributed by atoms with Gasteiger partial charge in [-0.05, 0) is 30.2 Å². The highest BCUT2D eigenvalue weighted by Crippen LogP contribution is 2.17. The zero-order valence-electron chi connectivity index (χ0n) is 14.1. The third-order valence-corrected chi connectivity index (χ3v) is 3.87. The fourth-order valence-corrected chi connectivity index (χ4v) is 2.40. The van der Waals surface area contributed by atoms with E-state index in [0.717, 1.165) is 16.8 Å². The number of benzene rings is 2. The summed E-state index contributed by atoms with van der Waals surface area (Å²) in [5.74, 6) is -1.47. The van der Waals surface area contributed by atoms with E-state index in [-0.39, 0.29) is 18.1 Å². The summed E-state index contributed by atoms with van der Waals surface area (Å²) in [5.41, 5.74) is 2.77. The second-order valence-electron chi connectivity index (χ2n) is 6.00. The predicted octanol–water partition coefficient (Wildman–Crippen LogP) is 3.55. The van der Waals surface area contributed by atoms with Gasteiger partial charge < -0.3 is 10.4 Å². The standard InChI is InChI=1S/C13H16O3.C7H5NO/c1-10(13(15)16)9-12(14)8-7-11-5-3-2-4-6-11;9-7-5-2-1-3-6(4-5)8-7/h2-6,10H,7-9H2,1H3,(H,15,16);1-4H,(H,8,9). The lowest BCUT2D eigenvalue weighted by Crippen LogP contribution is -2.14. The maximum atomic E-state index is 11.5. The number of carbonyl (C=O) groups excluding carboxylic acids is 2. The first-order valence-electron chi connectivity index (χ1n) is 8.15. The van der Waals surface area contributed by atoms with Crippen LogP contribution < -0.4 is 5.32 Å². The van der Waals surface area contributed by atoms with E-state index in [0.29, 0.717) is 12.8 Å². The fourth-order valence-electron chi connectivity index (χ4n) is 2.40. The Morgan fingerprint density at radius 1 is 1.08 bits per heavy atom. The van der Waals surface area contributed by atoms with E-state index < -0.39 is 11.9 Å². The number of anilines is 1. The maximum absolute atomic E-state index is 11.5. The largest absolute Gasteiger partial charge is 0.481 e. The number of aliphatic carboxylic acids is 1. The van der Waals surface area contributed by atoms with E-state index in [4.69, 9.17) is 5.11 Å². The van der Waals surface area contributed by atoms with Crippen LogP contribution in [0.3, 0.4) is 0 Å². The number of carboxylic acid groups (broad SMARTS) is 1. The van der Waals surface area contributed by atoms with Crippen molar-refractivity contribution in [3.8, 4) is 0 Å². The van der Waals surface area contributed by atoms with Crippen LogP contribution in [0.1, 0.15) is 35.7 Å². The molecule has 130 valence electrons. The molecule has 2 aromatic carbocycles. The summed E-state index contributed by atoms with van der Waals surface area (Å²) in [6, 6.07) is 17.1. The van der Waals surface area contributed by atoms with E-state index in [1.165, 1.54) is 0 Å². The third-order valence-electron chi connectivity index (χ3n) is 3.87. The molecular formula is C20H21NO4. The summed E-state index contributed by atoms with van der Waals surface area (Å²) in [7, 11) is 0. The Labute approximate surface area is 146 Å². The van der Waals surface area contributed by atoms with Crippen LogP contribution in [0.4, 0.5) is 5.69 Å². The van der Waals surface area contributed by atoms with Crippen LogP contribution in [0.25, 0.3) is 0 Å². The molecule has 0 fully saturated rings. The molecule has 5 nitrogen and oxygen atoms in total. The summed E-state index contributed by atoms with van der Waals surface area (Å²) in [6.07, 6.45) is 1.23. The van der Waals surface area contributed by atoms with Gasteiger partial charge in [-0.25, -0.2) is 0 Å². The number of fused-ring (bicyclic) bond motifs is 2. The number of ketones is 1. The Kier molecular flexibility index (Phi) is 6.46. The first-order valence-corrected chi connectivity index (χ1v) is 8.15. The summed E-state index contributed by atoms with van der Waals surface area (Å²) in [4.78, 5) is 32.8. The number of carbonyl (C=O) groups is 3. The van der Waals surface area contributed by atoms with Gasteiger partial charge in [-0.3, -0.25) is 14.4 Å². The SMILES string of the molecule is CC(CC(=O)CCc1ccccc1)C(=O)O.O=C1Nc2cccc1c2. The number of Topliss-reactive ketones (excluding diaryl/α,β-unsaturated/α-hetero) is 1. The van der Waals surface area contributed by atoms with Gasteiger partial charge in [0.2, 0.25) is 0 Å². The van der Waals surface area contributed by atoms with Gasteiger partial charge in [-0.1, -0.05) is 43.3 Å². The molecule has 0 saturated carbocycles. The molecule has 0 aliphatic carbocycles. The Hall–Kier alpha value is -2.95. The average molecular weight is 339 g/mol. The molecule has 2 bridgehead atoms. The fraction of sp³-hybridized carbons (Fsp3) is 0.250. The van der Waals surface area contributed by atoms with Crippen molar-refractivity contribution in [2.24, 2.45) is 5.92 Å². The van der Waals surface area contributed by atoms with Crippen LogP contribution in [-0.4, -0.2) is 22.8 Å². The van der Waals surface area contributed by atoms with Crippen molar-refractivity contribution >= 4 is 23.3 Å². The Morgan fingerprint density at radius 3 is 2.40 bits per heavy atom. The first kappa shape index (κ1) is 18.4. The molecule has 2 aromatic rings. The van der Waals surface area contributed by atoms with Gasteiger partial charge in [0.05, 0.1) is 5.92 Å². The number of aryl methyl sites for hydroxylation is 1. The highest BCUT2D eigenvalue weighted by molar-refractivity contribution is 6.09. The van der Waals surface area contributed by atoms with Crippen molar-refractivity contribution in [3.05, 3.63) is 65.7 Å². The van der Waals surface area contributed by atoms with Crippen molar-refractivity contribution in [1.82, 2.24) is 0 Å². The molecule has 1 unspecified atom stereocenters. The van der Waals surface area contributed by atoms with Crippen LogP contribution in [0, 0.1) is 5.92 Å². The van der Waals surface area contributed by atoms with Crippen molar-refractivity contribution in [2.75, 3.05) is 5.32 Å². The van der Waals surface area contributed by atoms with Gasteiger partial charge in [0, 0.05) is 24.1 Å². The Morgan fingerprint density at radius 2 is 1.80 bits per heavy atom. The van der Waals surface area contributed by atoms with Gasteiger partial charge in [0.1, 0.15) is 5.78 Å². The molecule has 5 heteroatoms. The van der Waals surface area contributed by atoms with Crippen molar-refractivity contribution < 1.29 is 19.5 Å². The molecule has 1 atom stereocenters. The van der Waals surface area contributed by atoms with Gasteiger partial charge in [-0.2, -0.15) is 0 Å². The summed E-state index contributed by atoms with van der Waals surface area (Å²) >= 11 is 0. The molecule has 1 heterocycles. The predicted molar refractivity (Wildman–Crippen MR) is 95.6 cm³/mol. The molecule has 0 aromatic heterocycles. The molecule has 0 saturated heterocycles. The normalized spacial score (nSPS) is 12.6. The average Bonchev–Trinajstić information content (AvgIpc) is 2.86. The van der Waals surface area contributed by atoms with E-state index in [1.54, 1.807) is 13.0 Å². The van der Waals surface area contributed by atoms with Crippen LogP contribution >= 0.6 is 0 Å². The summed E-state index contributed by atoms with van der Waals surface area (Å²) in [6.45, 7) is 1.56. The van der Waals surface area contributed by atoms with E-state index in [2.05, 4.69) is 5.32 Å². The minimum atomic E-state index is -0.909. The van der Waals surface area contributed by atoms with Gasteiger partial charge in [0.25, 0.3) is 5.91 Å². The van der Waals surface area contributed by atoms with Crippen LogP contribution in [0.5, 0.6) is 0 Å². The smallest absolute Gasteiger partial charge is 0.306 e. The number of hydrogen-bond donors (Lipinski definition) is 2. The zero-order valence-corrected chi connectivity index (χ0v) is 14.1. The molecule has 1 aliphatic rings. The quantitative estimate of drug-likeness (QED) is 0.843. The second-order valence-corrected chi connectivity index (χ2v) is 6.00. The number of amides is 1. The van der Waals surface area contributed by atoms with E-state index >= 15 is 0 Å². The van der Waals surface area contributed by atoms with Gasteiger partial charge in [0.15, 0.2) is 0 Å². The van der Waals surface area contributed by atoms with Crippen LogP contribution in [0.2, 0.25) is 0 Å². The van der Waals surface area contributed by atoms with Crippen LogP contribution in [0.15, 0.2) is 54.6 Å². The molecule has 1 aliphatic heterocycles. The minimum absolute atomic E-state index is 0.00926. The van der Waals surface area contributed by atoms with Gasteiger partial charge in [-0.15, -0.1) is 0 Å². The third kappa shape index (κ3) is 5.88. The lowest BCUT2D eigenvalue weighted by molar-refractivity contribution is -0.143. The molecule has 1 amide bonds. The second kappa shape index (κ2) is 8.78. The molecule has 25 heavy (non-hydrogen) atoms. The van der Waals surface area contributed by atoms with Crippen molar-refractivity contribution in [2.45, 2.75) is 26.2 Å². The molecule has 0 radical (unpaired) electrons. The maximum Gasteiger partial charge on any atom is 0.306 e. The molecular weight excluding hydrogens is 318 g/mol. The Bertz CT molecular complexity index is 755. The minimum Gasteiger partial charge on any atom is -0.481 e. The highest BCUT2D eigenvalue weighted by Gasteiger charge is 2.15. The van der Waals surface area contributed by atoms with E-state index in [9.17, 15) is 14.4 Å². The topological polar surface area (TPSA) is 83.5 Å². The number of carboxylic acids is 1. The highest BCUT2D eigenvalue weighted by atomic mass is 16.4. The van der Waals surface area contributed by atoms with Gasteiger partial charge >= 0.3 is 5.97 Å². The van der Waals surface area contributed by atoms with E-state index in [1.807, 2.05) is 48.5 Å². The summed E-state index contributed by atoms with van der Waals surface area (Å²) in [5, 5.41) is 11.3. The lowest BCUT2D eigenvalue weighted by atomic mass is 10.00. The number of hydrogen-bond acceptors (Lipinski definition) is 3. The molecule has 3 rings (SSSR count). The zero-order chi connectivity index (χ0) is 18.2. The monoisotopic (exact) mass is 339 g/mol. The van der Waals surface area contributed by atoms with Crippen molar-refractivity contribution in [3.63, 3.8) is 0 Å². The first-order chi connectivity index (χ1) is 12.0. The number of nitrogens with one attached hydrogen (secondary N) is 1. The lowest BCUT2D eigenvalue weighted by Gasteiger charge is -2.05. The van der Waals surface area contributed by atoms with Crippen molar-refractivity contribution in [1.29, 1.82) is 0 Å². The van der Waals surface area contributed by atoms with Crippen LogP contribution in [-0.2, 0) is 16.0 Å². The molecule has 2 N–H and O–H groups in total. The number of rotatable bonds is 6. The Balaban J connectivity index is 0.000000208. The molecule has 0 spiro atoms.